The highest BCUT2D eigenvalue weighted by Crippen LogP contribution is 2.40. The van der Waals surface area contributed by atoms with Crippen LogP contribution >= 0.6 is 0 Å². The van der Waals surface area contributed by atoms with Gasteiger partial charge in [0.1, 0.15) is 0 Å². The maximum Gasteiger partial charge on any atom is 0.418 e. The molecule has 0 spiro atoms. The lowest BCUT2D eigenvalue weighted by atomic mass is 9.90. The highest BCUT2D eigenvalue weighted by Gasteiger charge is 2.41. The van der Waals surface area contributed by atoms with E-state index < -0.39 is 57.7 Å². The van der Waals surface area contributed by atoms with E-state index in [4.69, 9.17) is 5.11 Å². The number of rotatable bonds is 3. The smallest absolute Gasteiger partial charge is 0.418 e. The van der Waals surface area contributed by atoms with E-state index in [1.54, 1.807) is 0 Å². The molecule has 0 atom stereocenters. The molecule has 0 aliphatic rings. The zero-order valence-corrected chi connectivity index (χ0v) is 12.4. The molecule has 0 amide bonds. The minimum Gasteiger partial charge on any atom is -0.478 e. The standard InChI is InChI=1S/C16H8F6O4/c17-15(18,19)8-3-1-2-7(6-8)9-4-5-10(13(23)24)12(16(20,21)22)11(9)14(25)26/h1-6H,(H,23,24)(H,25,26). The monoisotopic (exact) mass is 378 g/mol. The van der Waals surface area contributed by atoms with Gasteiger partial charge in [0.2, 0.25) is 0 Å². The van der Waals surface area contributed by atoms with E-state index >= 15 is 0 Å². The predicted octanol–water partition coefficient (Wildman–Crippen LogP) is 4.79. The summed E-state index contributed by atoms with van der Waals surface area (Å²) in [6.07, 6.45) is -10.1. The first-order valence-electron chi connectivity index (χ1n) is 6.72. The van der Waals surface area contributed by atoms with Crippen LogP contribution in [0, 0.1) is 0 Å². The fourth-order valence-electron chi connectivity index (χ4n) is 2.40. The summed E-state index contributed by atoms with van der Waals surface area (Å²) in [6, 6.07) is 4.30. The summed E-state index contributed by atoms with van der Waals surface area (Å²) < 4.78 is 78.3. The summed E-state index contributed by atoms with van der Waals surface area (Å²) in [6.45, 7) is 0. The van der Waals surface area contributed by atoms with Crippen LogP contribution in [0.3, 0.4) is 0 Å². The first-order chi connectivity index (χ1) is 11.8. The van der Waals surface area contributed by atoms with Crippen molar-refractivity contribution in [3.63, 3.8) is 0 Å². The molecule has 0 saturated carbocycles. The third-order valence-corrected chi connectivity index (χ3v) is 3.43. The van der Waals surface area contributed by atoms with Crippen LogP contribution in [0.1, 0.15) is 31.8 Å². The number of carboxylic acid groups (broad SMARTS) is 2. The van der Waals surface area contributed by atoms with Gasteiger partial charge < -0.3 is 10.2 Å². The van der Waals surface area contributed by atoms with Gasteiger partial charge in [-0.1, -0.05) is 18.2 Å². The lowest BCUT2D eigenvalue weighted by Gasteiger charge is -2.17. The predicted molar refractivity (Wildman–Crippen MR) is 75.8 cm³/mol. The average molecular weight is 378 g/mol. The summed E-state index contributed by atoms with van der Waals surface area (Å²) in [5.74, 6) is -4.14. The molecule has 0 bridgehead atoms. The number of hydrogen-bond acceptors (Lipinski definition) is 2. The molecule has 138 valence electrons. The van der Waals surface area contributed by atoms with Crippen molar-refractivity contribution < 1.29 is 46.1 Å². The van der Waals surface area contributed by atoms with E-state index in [1.165, 1.54) is 0 Å². The van der Waals surface area contributed by atoms with Gasteiger partial charge in [0.25, 0.3) is 0 Å². The maximum absolute atomic E-state index is 13.3. The largest absolute Gasteiger partial charge is 0.478 e. The Balaban J connectivity index is 2.87. The minimum absolute atomic E-state index is 0.445. The first kappa shape index (κ1) is 19.3. The van der Waals surface area contributed by atoms with Crippen LogP contribution in [0.2, 0.25) is 0 Å². The van der Waals surface area contributed by atoms with E-state index in [-0.39, 0.29) is 0 Å². The van der Waals surface area contributed by atoms with Crippen molar-refractivity contribution in [3.05, 3.63) is 58.7 Å². The van der Waals surface area contributed by atoms with E-state index in [2.05, 4.69) is 0 Å². The Morgan fingerprint density at radius 2 is 1.42 bits per heavy atom. The fraction of sp³-hybridized carbons (Fsp3) is 0.125. The molecule has 0 unspecified atom stereocenters. The van der Waals surface area contributed by atoms with Gasteiger partial charge >= 0.3 is 24.3 Å². The first-order valence-corrected chi connectivity index (χ1v) is 6.72. The molecule has 0 fully saturated rings. The van der Waals surface area contributed by atoms with E-state index in [0.717, 1.165) is 18.2 Å². The second-order valence-corrected chi connectivity index (χ2v) is 5.10. The molecule has 26 heavy (non-hydrogen) atoms. The van der Waals surface area contributed by atoms with Gasteiger partial charge in [0.15, 0.2) is 0 Å². The van der Waals surface area contributed by atoms with Gasteiger partial charge in [-0.15, -0.1) is 0 Å². The van der Waals surface area contributed by atoms with Crippen molar-refractivity contribution in [2.45, 2.75) is 12.4 Å². The number of alkyl halides is 6. The minimum atomic E-state index is -5.35. The number of benzene rings is 2. The molecule has 0 aromatic heterocycles. The van der Waals surface area contributed by atoms with E-state index in [0.29, 0.717) is 18.2 Å². The molecule has 2 N–H and O–H groups in total. The molecular weight excluding hydrogens is 370 g/mol. The van der Waals surface area contributed by atoms with Gasteiger partial charge in [-0.25, -0.2) is 9.59 Å². The molecular formula is C16H8F6O4. The van der Waals surface area contributed by atoms with Gasteiger partial charge in [-0.05, 0) is 29.3 Å². The lowest BCUT2D eigenvalue weighted by Crippen LogP contribution is -2.19. The van der Waals surface area contributed by atoms with Crippen molar-refractivity contribution in [1.82, 2.24) is 0 Å². The van der Waals surface area contributed by atoms with Crippen LogP contribution in [-0.4, -0.2) is 22.2 Å². The zero-order chi connectivity index (χ0) is 19.9. The summed E-state index contributed by atoms with van der Waals surface area (Å²) in [4.78, 5) is 22.4. The summed E-state index contributed by atoms with van der Waals surface area (Å²) in [7, 11) is 0. The Morgan fingerprint density at radius 3 is 1.88 bits per heavy atom. The van der Waals surface area contributed by atoms with Gasteiger partial charge in [0.05, 0.1) is 22.3 Å². The highest BCUT2D eigenvalue weighted by atomic mass is 19.4. The van der Waals surface area contributed by atoms with E-state index in [1.807, 2.05) is 0 Å². The Morgan fingerprint density at radius 1 is 0.808 bits per heavy atom. The number of carboxylic acids is 2. The molecule has 0 saturated heterocycles. The molecule has 0 aliphatic carbocycles. The Bertz CT molecular complexity index is 883. The van der Waals surface area contributed by atoms with Crippen molar-refractivity contribution in [1.29, 1.82) is 0 Å². The van der Waals surface area contributed by atoms with Crippen molar-refractivity contribution in [3.8, 4) is 11.1 Å². The van der Waals surface area contributed by atoms with Gasteiger partial charge in [-0.2, -0.15) is 26.3 Å². The number of carbonyl (C=O) groups is 2. The molecule has 2 aromatic rings. The molecule has 10 heteroatoms. The van der Waals surface area contributed by atoms with Crippen LogP contribution in [0.25, 0.3) is 11.1 Å². The summed E-state index contributed by atoms with van der Waals surface area (Å²) in [5.41, 5.74) is -7.00. The van der Waals surface area contributed by atoms with Crippen LogP contribution in [0.4, 0.5) is 26.3 Å². The lowest BCUT2D eigenvalue weighted by molar-refractivity contribution is -0.139. The third kappa shape index (κ3) is 3.63. The highest BCUT2D eigenvalue weighted by molar-refractivity contribution is 6.02. The van der Waals surface area contributed by atoms with Crippen molar-refractivity contribution in [2.75, 3.05) is 0 Å². The van der Waals surface area contributed by atoms with E-state index in [9.17, 15) is 41.0 Å². The third-order valence-electron chi connectivity index (χ3n) is 3.43. The van der Waals surface area contributed by atoms with Crippen LogP contribution in [0.5, 0.6) is 0 Å². The molecule has 2 aromatic carbocycles. The number of halogens is 6. The molecule has 0 aliphatic heterocycles. The average Bonchev–Trinajstić information content (AvgIpc) is 2.51. The summed E-state index contributed by atoms with van der Waals surface area (Å²) in [5, 5.41) is 18.1. The SMILES string of the molecule is O=C(O)c1ccc(-c2cccc(C(F)(F)F)c2)c(C(=O)O)c1C(F)(F)F. The second-order valence-electron chi connectivity index (χ2n) is 5.10. The number of aromatic carboxylic acids is 2. The second kappa shape index (κ2) is 6.36. The van der Waals surface area contributed by atoms with Gasteiger partial charge in [-0.3, -0.25) is 0 Å². The Labute approximate surface area is 141 Å². The number of hydrogen-bond donors (Lipinski definition) is 2. The molecule has 0 heterocycles. The quantitative estimate of drug-likeness (QED) is 0.754. The molecule has 4 nitrogen and oxygen atoms in total. The van der Waals surface area contributed by atoms with Crippen LogP contribution in [-0.2, 0) is 12.4 Å². The summed E-state index contributed by atoms with van der Waals surface area (Å²) >= 11 is 0. The van der Waals surface area contributed by atoms with Crippen molar-refractivity contribution in [2.24, 2.45) is 0 Å². The van der Waals surface area contributed by atoms with Gasteiger partial charge in [0, 0.05) is 0 Å². The molecule has 0 radical (unpaired) electrons. The Hall–Kier alpha value is -3.04. The molecule has 2 rings (SSSR count). The van der Waals surface area contributed by atoms with Crippen LogP contribution < -0.4 is 0 Å². The topological polar surface area (TPSA) is 74.6 Å². The zero-order valence-electron chi connectivity index (χ0n) is 12.4. The van der Waals surface area contributed by atoms with Crippen LogP contribution in [0.15, 0.2) is 36.4 Å². The fourth-order valence-corrected chi connectivity index (χ4v) is 2.40. The Kier molecular flexibility index (Phi) is 4.71. The normalized spacial score (nSPS) is 12.1. The van der Waals surface area contributed by atoms with Crippen molar-refractivity contribution >= 4 is 11.9 Å². The maximum atomic E-state index is 13.3.